The lowest BCUT2D eigenvalue weighted by Gasteiger charge is -2.26. The third-order valence-electron chi connectivity index (χ3n) is 4.82. The fourth-order valence-electron chi connectivity index (χ4n) is 3.17. The minimum Gasteiger partial charge on any atom is -0.469 e. The fraction of sp³-hybridized carbons (Fsp3) is 0.619. The first-order valence-corrected chi connectivity index (χ1v) is 10.0. The molecule has 1 aliphatic rings. The molecule has 6 nitrogen and oxygen atoms in total. The number of aliphatic imine (C=N–C) groups is 1. The van der Waals surface area contributed by atoms with E-state index in [0.717, 1.165) is 13.1 Å². The number of hydrogen-bond acceptors (Lipinski definition) is 4. The normalized spacial score (nSPS) is 16.6. The van der Waals surface area contributed by atoms with Crippen molar-refractivity contribution in [2.75, 3.05) is 33.3 Å². The summed E-state index contributed by atoms with van der Waals surface area (Å²) in [5.74, 6) is 0.279. The highest BCUT2D eigenvalue weighted by molar-refractivity contribution is 5.80. The van der Waals surface area contributed by atoms with Gasteiger partial charge in [0.1, 0.15) is 0 Å². The van der Waals surface area contributed by atoms with Crippen LogP contribution in [0.5, 0.6) is 0 Å². The van der Waals surface area contributed by atoms with Crippen molar-refractivity contribution in [2.24, 2.45) is 10.9 Å². The lowest BCUT2D eigenvalue weighted by atomic mass is 10.1. The molecule has 6 heteroatoms. The zero-order chi connectivity index (χ0) is 19.5. The number of esters is 1. The van der Waals surface area contributed by atoms with Gasteiger partial charge >= 0.3 is 5.97 Å². The van der Waals surface area contributed by atoms with E-state index in [0.29, 0.717) is 19.0 Å². The van der Waals surface area contributed by atoms with Crippen LogP contribution in [0, 0.1) is 5.92 Å². The maximum atomic E-state index is 11.5. The molecule has 1 atom stereocenters. The predicted molar refractivity (Wildman–Crippen MR) is 110 cm³/mol. The fourth-order valence-corrected chi connectivity index (χ4v) is 3.17. The molecule has 1 heterocycles. The van der Waals surface area contributed by atoms with Gasteiger partial charge in [0.25, 0.3) is 0 Å². The Bertz CT molecular complexity index is 595. The number of nitrogens with one attached hydrogen (secondary N) is 2. The highest BCUT2D eigenvalue weighted by Gasteiger charge is 2.13. The molecule has 27 heavy (non-hydrogen) atoms. The van der Waals surface area contributed by atoms with Crippen molar-refractivity contribution < 1.29 is 9.53 Å². The summed E-state index contributed by atoms with van der Waals surface area (Å²) in [6, 6.07) is 8.73. The van der Waals surface area contributed by atoms with Crippen molar-refractivity contribution in [3.8, 4) is 0 Å². The SMILES string of the molecule is CCNC(=NCc1ccc(CN2CCCCC2)cc1)NCC(C)C(=O)OC. The topological polar surface area (TPSA) is 66.0 Å². The van der Waals surface area contributed by atoms with Gasteiger partial charge in [-0.15, -0.1) is 0 Å². The van der Waals surface area contributed by atoms with Gasteiger partial charge in [-0.3, -0.25) is 9.69 Å². The van der Waals surface area contributed by atoms with Crippen LogP contribution in [0.3, 0.4) is 0 Å². The maximum absolute atomic E-state index is 11.5. The van der Waals surface area contributed by atoms with E-state index in [-0.39, 0.29) is 11.9 Å². The van der Waals surface area contributed by atoms with E-state index >= 15 is 0 Å². The second-order valence-electron chi connectivity index (χ2n) is 7.15. The molecule has 0 bridgehead atoms. The molecule has 150 valence electrons. The molecule has 0 aliphatic carbocycles. The summed E-state index contributed by atoms with van der Waals surface area (Å²) in [5.41, 5.74) is 2.54. The predicted octanol–water partition coefficient (Wildman–Crippen LogP) is 2.54. The van der Waals surface area contributed by atoms with Crippen LogP contribution >= 0.6 is 0 Å². The summed E-state index contributed by atoms with van der Waals surface area (Å²) in [6.45, 7) is 9.20. The molecule has 0 spiro atoms. The molecule has 1 aliphatic heterocycles. The number of piperidine rings is 1. The van der Waals surface area contributed by atoms with Gasteiger partial charge in [-0.1, -0.05) is 37.6 Å². The Morgan fingerprint density at radius 3 is 2.44 bits per heavy atom. The van der Waals surface area contributed by atoms with Crippen molar-refractivity contribution in [2.45, 2.75) is 46.2 Å². The number of guanidine groups is 1. The van der Waals surface area contributed by atoms with Gasteiger partial charge in [0.2, 0.25) is 0 Å². The summed E-state index contributed by atoms with van der Waals surface area (Å²) < 4.78 is 4.76. The van der Waals surface area contributed by atoms with Crippen molar-refractivity contribution in [3.05, 3.63) is 35.4 Å². The quantitative estimate of drug-likeness (QED) is 0.416. The van der Waals surface area contributed by atoms with E-state index in [4.69, 9.17) is 4.74 Å². The number of likely N-dealkylation sites (tertiary alicyclic amines) is 1. The highest BCUT2D eigenvalue weighted by atomic mass is 16.5. The number of nitrogens with zero attached hydrogens (tertiary/aromatic N) is 2. The van der Waals surface area contributed by atoms with E-state index in [1.807, 2.05) is 13.8 Å². The second-order valence-corrected chi connectivity index (χ2v) is 7.15. The lowest BCUT2D eigenvalue weighted by Crippen LogP contribution is -2.40. The molecule has 0 aromatic heterocycles. The number of ether oxygens (including phenoxy) is 1. The summed E-state index contributed by atoms with van der Waals surface area (Å²) in [6.07, 6.45) is 4.01. The highest BCUT2D eigenvalue weighted by Crippen LogP contribution is 2.14. The number of hydrogen-bond donors (Lipinski definition) is 2. The van der Waals surface area contributed by atoms with E-state index in [9.17, 15) is 4.79 Å². The van der Waals surface area contributed by atoms with Gasteiger partial charge in [-0.2, -0.15) is 0 Å². The van der Waals surface area contributed by atoms with Crippen molar-refractivity contribution in [1.29, 1.82) is 0 Å². The largest absolute Gasteiger partial charge is 0.469 e. The first-order chi connectivity index (χ1) is 13.1. The average Bonchev–Trinajstić information content (AvgIpc) is 2.71. The maximum Gasteiger partial charge on any atom is 0.310 e. The molecule has 1 unspecified atom stereocenters. The van der Waals surface area contributed by atoms with E-state index in [1.165, 1.54) is 50.6 Å². The van der Waals surface area contributed by atoms with Crippen molar-refractivity contribution in [3.63, 3.8) is 0 Å². The van der Waals surface area contributed by atoms with Crippen LogP contribution in [0.15, 0.2) is 29.3 Å². The third-order valence-corrected chi connectivity index (χ3v) is 4.82. The molecule has 0 amide bonds. The summed E-state index contributed by atoms with van der Waals surface area (Å²) >= 11 is 0. The van der Waals surface area contributed by atoms with Crippen LogP contribution in [0.1, 0.15) is 44.2 Å². The van der Waals surface area contributed by atoms with Gasteiger partial charge in [0.15, 0.2) is 5.96 Å². The van der Waals surface area contributed by atoms with Crippen molar-refractivity contribution >= 4 is 11.9 Å². The Hall–Kier alpha value is -2.08. The minimum atomic E-state index is -0.220. The zero-order valence-electron chi connectivity index (χ0n) is 17.0. The number of carbonyl (C=O) groups is 1. The monoisotopic (exact) mass is 374 g/mol. The number of benzene rings is 1. The Balaban J connectivity index is 1.85. The molecule has 2 rings (SSSR count). The molecule has 1 fully saturated rings. The molecule has 2 N–H and O–H groups in total. The van der Waals surface area contributed by atoms with Crippen LogP contribution in [0.2, 0.25) is 0 Å². The molecule has 0 saturated carbocycles. The van der Waals surface area contributed by atoms with Crippen LogP contribution in [0.4, 0.5) is 0 Å². The molecule has 1 saturated heterocycles. The van der Waals surface area contributed by atoms with Crippen LogP contribution in [-0.2, 0) is 22.6 Å². The molecule has 1 aromatic rings. The summed E-state index contributed by atoms with van der Waals surface area (Å²) in [4.78, 5) is 18.7. The first kappa shape index (κ1) is 21.2. The molecule has 1 aromatic carbocycles. The van der Waals surface area contributed by atoms with Crippen molar-refractivity contribution in [1.82, 2.24) is 15.5 Å². The van der Waals surface area contributed by atoms with E-state index in [1.54, 1.807) is 0 Å². The smallest absolute Gasteiger partial charge is 0.310 e. The van der Waals surface area contributed by atoms with Gasteiger partial charge in [-0.25, -0.2) is 4.99 Å². The molecular weight excluding hydrogens is 340 g/mol. The Morgan fingerprint density at radius 1 is 1.15 bits per heavy atom. The number of carbonyl (C=O) groups excluding carboxylic acids is 1. The molecule has 0 radical (unpaired) electrons. The Kier molecular flexibility index (Phi) is 9.11. The van der Waals surface area contributed by atoms with Gasteiger partial charge in [0.05, 0.1) is 19.6 Å². The Morgan fingerprint density at radius 2 is 1.81 bits per heavy atom. The van der Waals surface area contributed by atoms with Gasteiger partial charge < -0.3 is 15.4 Å². The van der Waals surface area contributed by atoms with Crippen LogP contribution < -0.4 is 10.6 Å². The second kappa shape index (κ2) is 11.6. The minimum absolute atomic E-state index is 0.215. The molecular formula is C21H34N4O2. The van der Waals surface area contributed by atoms with Crippen LogP contribution in [0.25, 0.3) is 0 Å². The summed E-state index contributed by atoms with van der Waals surface area (Å²) in [5, 5.41) is 6.41. The average molecular weight is 375 g/mol. The standard InChI is InChI=1S/C21H34N4O2/c1-4-22-21(23-14-17(2)20(26)27-3)24-15-18-8-10-19(11-9-18)16-25-12-6-5-7-13-25/h8-11,17H,4-7,12-16H2,1-3H3,(H2,22,23,24). The first-order valence-electron chi connectivity index (χ1n) is 10.0. The number of rotatable bonds is 8. The van der Waals surface area contributed by atoms with Gasteiger partial charge in [0, 0.05) is 19.6 Å². The third kappa shape index (κ3) is 7.59. The summed E-state index contributed by atoms with van der Waals surface area (Å²) in [7, 11) is 1.41. The van der Waals surface area contributed by atoms with Crippen LogP contribution in [-0.4, -0.2) is 50.1 Å². The number of methoxy groups -OCH3 is 1. The van der Waals surface area contributed by atoms with E-state index in [2.05, 4.69) is 44.8 Å². The lowest BCUT2D eigenvalue weighted by molar-refractivity contribution is -0.144. The Labute approximate surface area is 163 Å². The zero-order valence-corrected chi connectivity index (χ0v) is 17.0. The van der Waals surface area contributed by atoms with Gasteiger partial charge in [-0.05, 0) is 44.0 Å². The van der Waals surface area contributed by atoms with E-state index < -0.39 is 0 Å².